The van der Waals surface area contributed by atoms with Gasteiger partial charge in [-0.2, -0.15) is 10.2 Å². The minimum absolute atomic E-state index is 0.227. The number of hydrogen-bond acceptors (Lipinski definition) is 7. The van der Waals surface area contributed by atoms with Crippen LogP contribution in [0.4, 0.5) is 5.69 Å². The molecular weight excluding hydrogens is 410 g/mol. The number of nitrogens with zero attached hydrogens (tertiary/aromatic N) is 3. The van der Waals surface area contributed by atoms with E-state index in [2.05, 4.69) is 21.1 Å². The first-order chi connectivity index (χ1) is 15.5. The van der Waals surface area contributed by atoms with Crippen LogP contribution >= 0.6 is 0 Å². The molecule has 160 valence electrons. The van der Waals surface area contributed by atoms with E-state index in [1.807, 2.05) is 60.7 Å². The zero-order chi connectivity index (χ0) is 22.6. The van der Waals surface area contributed by atoms with E-state index in [1.165, 1.54) is 18.3 Å². The van der Waals surface area contributed by atoms with Crippen molar-refractivity contribution in [3.63, 3.8) is 0 Å². The molecule has 0 bridgehead atoms. The Morgan fingerprint density at radius 2 is 1.72 bits per heavy atom. The summed E-state index contributed by atoms with van der Waals surface area (Å²) in [6.07, 6.45) is 1.52. The molecule has 32 heavy (non-hydrogen) atoms. The van der Waals surface area contributed by atoms with Gasteiger partial charge in [0.1, 0.15) is 17.0 Å². The fourth-order valence-corrected chi connectivity index (χ4v) is 3.55. The molecule has 9 heteroatoms. The highest BCUT2D eigenvalue weighted by Gasteiger charge is 2.41. The topological polar surface area (TPSA) is 129 Å². The average Bonchev–Trinajstić information content (AvgIpc) is 3.28. The zero-order valence-electron chi connectivity index (χ0n) is 16.8. The number of nitro groups is 1. The highest BCUT2D eigenvalue weighted by Crippen LogP contribution is 2.36. The zero-order valence-corrected chi connectivity index (χ0v) is 16.8. The van der Waals surface area contributed by atoms with Crippen molar-refractivity contribution >= 4 is 23.5 Å². The van der Waals surface area contributed by atoms with E-state index in [0.29, 0.717) is 6.42 Å². The van der Waals surface area contributed by atoms with Gasteiger partial charge >= 0.3 is 0 Å². The second kappa shape index (κ2) is 8.68. The third-order valence-electron chi connectivity index (χ3n) is 5.20. The molecule has 3 aromatic rings. The molecule has 0 saturated heterocycles. The van der Waals surface area contributed by atoms with Gasteiger partial charge in [-0.05, 0) is 17.2 Å². The molecule has 0 aromatic heterocycles. The first-order valence-electron chi connectivity index (χ1n) is 9.75. The second-order valence-corrected chi connectivity index (χ2v) is 7.18. The standard InChI is InChI=1S/C23H19N5O4/c29-21-13-19(28(31)32)12-11-16(21)15-24-26-22(30)20-14-23(27-25-20,17-7-3-1-4-8-17)18-9-5-2-6-10-18/h1-13,15,27,29H,14H2,(H,26,30)/b24-15+. The number of carbonyl (C=O) groups is 1. The third kappa shape index (κ3) is 4.04. The van der Waals surface area contributed by atoms with E-state index in [1.54, 1.807) is 0 Å². The Morgan fingerprint density at radius 1 is 1.09 bits per heavy atom. The summed E-state index contributed by atoms with van der Waals surface area (Å²) >= 11 is 0. The average molecular weight is 429 g/mol. The lowest BCUT2D eigenvalue weighted by molar-refractivity contribution is -0.384. The molecule has 0 unspecified atom stereocenters. The first-order valence-corrected chi connectivity index (χ1v) is 9.75. The Bertz CT molecular complexity index is 1170. The van der Waals surface area contributed by atoms with Gasteiger partial charge in [-0.3, -0.25) is 20.3 Å². The first kappa shape index (κ1) is 20.7. The summed E-state index contributed by atoms with van der Waals surface area (Å²) in [5, 5.41) is 28.8. The summed E-state index contributed by atoms with van der Waals surface area (Å²) in [5.41, 5.74) is 7.04. The summed E-state index contributed by atoms with van der Waals surface area (Å²) in [7, 11) is 0. The van der Waals surface area contributed by atoms with Crippen LogP contribution < -0.4 is 10.9 Å². The Kier molecular flexibility index (Phi) is 5.63. The van der Waals surface area contributed by atoms with Gasteiger partial charge in [0.05, 0.1) is 17.2 Å². The maximum Gasteiger partial charge on any atom is 0.287 e. The van der Waals surface area contributed by atoms with Crippen molar-refractivity contribution < 1.29 is 14.8 Å². The Morgan fingerprint density at radius 3 is 2.28 bits per heavy atom. The van der Waals surface area contributed by atoms with Crippen molar-refractivity contribution in [2.75, 3.05) is 0 Å². The normalized spacial score (nSPS) is 14.6. The minimum atomic E-state index is -0.685. The van der Waals surface area contributed by atoms with Crippen LogP contribution in [0.5, 0.6) is 5.75 Å². The molecule has 0 saturated carbocycles. The lowest BCUT2D eigenvalue weighted by atomic mass is 9.80. The summed E-state index contributed by atoms with van der Waals surface area (Å²) in [4.78, 5) is 22.8. The predicted octanol–water partition coefficient (Wildman–Crippen LogP) is 3.04. The van der Waals surface area contributed by atoms with Crippen LogP contribution in [0.2, 0.25) is 0 Å². The van der Waals surface area contributed by atoms with Gasteiger partial charge in [-0.15, -0.1) is 0 Å². The highest BCUT2D eigenvalue weighted by molar-refractivity contribution is 6.39. The highest BCUT2D eigenvalue weighted by atomic mass is 16.6. The van der Waals surface area contributed by atoms with Crippen LogP contribution in [0.3, 0.4) is 0 Å². The molecule has 3 aromatic carbocycles. The number of phenols is 1. The second-order valence-electron chi connectivity index (χ2n) is 7.18. The number of nitrogens with one attached hydrogen (secondary N) is 2. The van der Waals surface area contributed by atoms with E-state index in [4.69, 9.17) is 0 Å². The fourth-order valence-electron chi connectivity index (χ4n) is 3.55. The summed E-state index contributed by atoms with van der Waals surface area (Å²) in [5.74, 6) is -0.812. The molecule has 0 spiro atoms. The maximum absolute atomic E-state index is 12.7. The number of hydrogen-bond donors (Lipinski definition) is 3. The van der Waals surface area contributed by atoms with Gasteiger partial charge in [0.15, 0.2) is 0 Å². The van der Waals surface area contributed by atoms with E-state index in [-0.39, 0.29) is 22.7 Å². The van der Waals surface area contributed by atoms with E-state index < -0.39 is 16.4 Å². The molecule has 9 nitrogen and oxygen atoms in total. The Labute approximate surface area is 183 Å². The number of aromatic hydroxyl groups is 1. The molecule has 3 N–H and O–H groups in total. The smallest absolute Gasteiger partial charge is 0.287 e. The third-order valence-corrected chi connectivity index (χ3v) is 5.20. The number of rotatable bonds is 6. The number of amides is 1. The lowest BCUT2D eigenvalue weighted by Crippen LogP contribution is -2.38. The Balaban J connectivity index is 1.50. The van der Waals surface area contributed by atoms with Gasteiger partial charge < -0.3 is 5.11 Å². The molecule has 0 radical (unpaired) electrons. The molecule has 0 atom stereocenters. The fraction of sp³-hybridized carbons (Fsp3) is 0.0870. The van der Waals surface area contributed by atoms with Gasteiger partial charge in [-0.1, -0.05) is 60.7 Å². The van der Waals surface area contributed by atoms with Crippen molar-refractivity contribution in [1.82, 2.24) is 10.9 Å². The van der Waals surface area contributed by atoms with Gasteiger partial charge in [0.25, 0.3) is 11.6 Å². The molecule has 1 aliphatic rings. The minimum Gasteiger partial charge on any atom is -0.507 e. The molecule has 0 fully saturated rings. The van der Waals surface area contributed by atoms with E-state index >= 15 is 0 Å². The molecule has 1 heterocycles. The van der Waals surface area contributed by atoms with Crippen LogP contribution in [0.25, 0.3) is 0 Å². The Hall–Kier alpha value is -4.53. The summed E-state index contributed by atoms with van der Waals surface area (Å²) in [6.45, 7) is 0. The number of nitro benzene ring substituents is 1. The number of phenolic OH excluding ortho intramolecular Hbond substituents is 1. The van der Waals surface area contributed by atoms with Gasteiger partial charge in [0, 0.05) is 18.1 Å². The van der Waals surface area contributed by atoms with Crippen molar-refractivity contribution in [3.8, 4) is 5.75 Å². The molecule has 1 amide bonds. The van der Waals surface area contributed by atoms with Gasteiger partial charge in [0.2, 0.25) is 0 Å². The molecule has 4 rings (SSSR count). The van der Waals surface area contributed by atoms with Crippen molar-refractivity contribution in [1.29, 1.82) is 0 Å². The van der Waals surface area contributed by atoms with Gasteiger partial charge in [-0.25, -0.2) is 5.43 Å². The van der Waals surface area contributed by atoms with Crippen molar-refractivity contribution in [2.24, 2.45) is 10.2 Å². The van der Waals surface area contributed by atoms with Crippen molar-refractivity contribution in [3.05, 3.63) is 106 Å². The van der Waals surface area contributed by atoms with E-state index in [9.17, 15) is 20.0 Å². The van der Waals surface area contributed by atoms with Crippen LogP contribution in [-0.4, -0.2) is 27.9 Å². The number of benzene rings is 3. The number of carbonyl (C=O) groups excluding carboxylic acids is 1. The monoisotopic (exact) mass is 429 g/mol. The number of hydrazone groups is 2. The SMILES string of the molecule is O=C(N/N=C/c1ccc([N+](=O)[O-])cc1O)C1=NNC(c2ccccc2)(c2ccccc2)C1. The number of non-ortho nitro benzene ring substituents is 1. The van der Waals surface area contributed by atoms with E-state index in [0.717, 1.165) is 17.2 Å². The van der Waals surface area contributed by atoms with Crippen LogP contribution in [-0.2, 0) is 10.3 Å². The lowest BCUT2D eigenvalue weighted by Gasteiger charge is -2.30. The molecule has 1 aliphatic heterocycles. The van der Waals surface area contributed by atoms with Crippen LogP contribution in [0.15, 0.2) is 89.1 Å². The van der Waals surface area contributed by atoms with Crippen LogP contribution in [0.1, 0.15) is 23.1 Å². The quantitative estimate of drug-likeness (QED) is 0.315. The van der Waals surface area contributed by atoms with Crippen LogP contribution in [0, 0.1) is 10.1 Å². The maximum atomic E-state index is 12.7. The summed E-state index contributed by atoms with van der Waals surface area (Å²) < 4.78 is 0. The predicted molar refractivity (Wildman–Crippen MR) is 119 cm³/mol. The molecular formula is C23H19N5O4. The summed E-state index contributed by atoms with van der Waals surface area (Å²) in [6, 6.07) is 23.1. The molecule has 0 aliphatic carbocycles. The largest absolute Gasteiger partial charge is 0.507 e. The van der Waals surface area contributed by atoms with Crippen molar-refractivity contribution in [2.45, 2.75) is 12.0 Å².